The standard InChI is InChI=1S/C16H21NO6S/c1-11(2)24(21,22)14-5-3-12(4-6-14)16(20)17-7-8-23-10-13(17)9-15(18)19/h3-6,11,13H,7-10H2,1-2H3,(H,18,19). The van der Waals surface area contributed by atoms with Crippen molar-refractivity contribution in [1.29, 1.82) is 0 Å². The molecular formula is C16H21NO6S. The van der Waals surface area contributed by atoms with Gasteiger partial charge in [-0.25, -0.2) is 8.42 Å². The molecule has 1 fully saturated rings. The summed E-state index contributed by atoms with van der Waals surface area (Å²) in [6, 6.07) is 5.23. The molecule has 7 nitrogen and oxygen atoms in total. The molecule has 0 aliphatic carbocycles. The summed E-state index contributed by atoms with van der Waals surface area (Å²) >= 11 is 0. The molecule has 0 spiro atoms. The zero-order chi connectivity index (χ0) is 17.9. The first kappa shape index (κ1) is 18.4. The Hall–Kier alpha value is -1.93. The number of benzene rings is 1. The van der Waals surface area contributed by atoms with Crippen LogP contribution < -0.4 is 0 Å². The average Bonchev–Trinajstić information content (AvgIpc) is 2.54. The van der Waals surface area contributed by atoms with Crippen LogP contribution in [0.2, 0.25) is 0 Å². The number of aliphatic carboxylic acids is 1. The van der Waals surface area contributed by atoms with Gasteiger partial charge in [-0.1, -0.05) is 0 Å². The summed E-state index contributed by atoms with van der Waals surface area (Å²) in [5, 5.41) is 8.41. The molecule has 0 aromatic heterocycles. The van der Waals surface area contributed by atoms with Gasteiger partial charge < -0.3 is 14.7 Å². The van der Waals surface area contributed by atoms with Crippen molar-refractivity contribution in [2.45, 2.75) is 36.5 Å². The third-order valence-electron chi connectivity index (χ3n) is 3.95. The topological polar surface area (TPSA) is 101 Å². The van der Waals surface area contributed by atoms with Crippen LogP contribution in [-0.4, -0.2) is 61.4 Å². The lowest BCUT2D eigenvalue weighted by atomic mass is 10.1. The second-order valence-electron chi connectivity index (χ2n) is 5.94. The first-order valence-corrected chi connectivity index (χ1v) is 9.22. The molecule has 0 radical (unpaired) electrons. The van der Waals surface area contributed by atoms with Gasteiger partial charge in [-0.05, 0) is 38.1 Å². The molecule has 0 saturated carbocycles. The lowest BCUT2D eigenvalue weighted by Crippen LogP contribution is -2.49. The number of amides is 1. The van der Waals surface area contributed by atoms with Gasteiger partial charge in [-0.2, -0.15) is 0 Å². The SMILES string of the molecule is CC(C)S(=O)(=O)c1ccc(C(=O)N2CCOCC2CC(=O)O)cc1. The molecule has 1 aliphatic rings. The molecule has 1 N–H and O–H groups in total. The van der Waals surface area contributed by atoms with Crippen LogP contribution in [0.3, 0.4) is 0 Å². The number of sulfone groups is 1. The maximum atomic E-state index is 12.6. The van der Waals surface area contributed by atoms with Crippen LogP contribution in [0.5, 0.6) is 0 Å². The minimum atomic E-state index is -3.39. The van der Waals surface area contributed by atoms with Crippen molar-refractivity contribution < 1.29 is 27.9 Å². The van der Waals surface area contributed by atoms with E-state index in [0.29, 0.717) is 18.7 Å². The molecule has 1 atom stereocenters. The second kappa shape index (κ2) is 7.31. The number of carboxylic acid groups (broad SMARTS) is 1. The first-order valence-electron chi connectivity index (χ1n) is 7.68. The molecule has 1 saturated heterocycles. The summed E-state index contributed by atoms with van der Waals surface area (Å²) in [6.07, 6.45) is -0.189. The molecule has 0 bridgehead atoms. The van der Waals surface area contributed by atoms with Crippen molar-refractivity contribution in [2.24, 2.45) is 0 Å². The minimum absolute atomic E-state index is 0.165. The van der Waals surface area contributed by atoms with E-state index in [1.54, 1.807) is 13.8 Å². The lowest BCUT2D eigenvalue weighted by Gasteiger charge is -2.34. The number of hydrogen-bond acceptors (Lipinski definition) is 5. The summed E-state index contributed by atoms with van der Waals surface area (Å²) in [5.41, 5.74) is 0.329. The summed E-state index contributed by atoms with van der Waals surface area (Å²) in [4.78, 5) is 25.2. The van der Waals surface area contributed by atoms with E-state index in [9.17, 15) is 18.0 Å². The van der Waals surface area contributed by atoms with E-state index in [2.05, 4.69) is 0 Å². The van der Waals surface area contributed by atoms with Crippen molar-refractivity contribution in [3.63, 3.8) is 0 Å². The van der Waals surface area contributed by atoms with Gasteiger partial charge in [0, 0.05) is 12.1 Å². The Labute approximate surface area is 141 Å². The molecule has 1 aliphatic heterocycles. The van der Waals surface area contributed by atoms with Gasteiger partial charge >= 0.3 is 5.97 Å². The largest absolute Gasteiger partial charge is 0.481 e. The fraction of sp³-hybridized carbons (Fsp3) is 0.500. The van der Waals surface area contributed by atoms with E-state index in [1.807, 2.05) is 0 Å². The second-order valence-corrected chi connectivity index (χ2v) is 8.45. The maximum Gasteiger partial charge on any atom is 0.305 e. The third kappa shape index (κ3) is 3.93. The number of carbonyl (C=O) groups excluding carboxylic acids is 1. The maximum absolute atomic E-state index is 12.6. The number of rotatable bonds is 5. The molecule has 1 amide bonds. The Balaban J connectivity index is 2.21. The van der Waals surface area contributed by atoms with E-state index in [4.69, 9.17) is 9.84 Å². The average molecular weight is 355 g/mol. The fourth-order valence-corrected chi connectivity index (χ4v) is 3.58. The van der Waals surface area contributed by atoms with Crippen molar-refractivity contribution in [2.75, 3.05) is 19.8 Å². The van der Waals surface area contributed by atoms with Crippen LogP contribution >= 0.6 is 0 Å². The van der Waals surface area contributed by atoms with E-state index < -0.39 is 27.1 Å². The van der Waals surface area contributed by atoms with Crippen LogP contribution in [0.1, 0.15) is 30.6 Å². The number of hydrogen-bond donors (Lipinski definition) is 1. The van der Waals surface area contributed by atoms with E-state index >= 15 is 0 Å². The Morgan fingerprint density at radius 1 is 1.29 bits per heavy atom. The third-order valence-corrected chi connectivity index (χ3v) is 6.12. The van der Waals surface area contributed by atoms with Crippen molar-refractivity contribution in [3.05, 3.63) is 29.8 Å². The van der Waals surface area contributed by atoms with Gasteiger partial charge in [0.2, 0.25) is 0 Å². The first-order chi connectivity index (χ1) is 11.2. The number of nitrogens with zero attached hydrogens (tertiary/aromatic N) is 1. The molecule has 132 valence electrons. The quantitative estimate of drug-likeness (QED) is 0.851. The van der Waals surface area contributed by atoms with Crippen LogP contribution in [0.25, 0.3) is 0 Å². The molecule has 1 unspecified atom stereocenters. The fourth-order valence-electron chi connectivity index (χ4n) is 2.52. The van der Waals surface area contributed by atoms with Crippen LogP contribution in [0, 0.1) is 0 Å². The number of morpholine rings is 1. The van der Waals surface area contributed by atoms with Gasteiger partial charge in [-0.15, -0.1) is 0 Å². The lowest BCUT2D eigenvalue weighted by molar-refractivity contribution is -0.139. The smallest absolute Gasteiger partial charge is 0.305 e. The van der Waals surface area contributed by atoms with Crippen molar-refractivity contribution in [1.82, 2.24) is 4.90 Å². The highest BCUT2D eigenvalue weighted by Gasteiger charge is 2.30. The predicted octanol–water partition coefficient (Wildman–Crippen LogP) is 1.18. The summed E-state index contributed by atoms with van der Waals surface area (Å²) < 4.78 is 29.5. The van der Waals surface area contributed by atoms with Crippen LogP contribution in [0.15, 0.2) is 29.2 Å². The summed E-state index contributed by atoms with van der Waals surface area (Å²) in [6.45, 7) is 4.03. The highest BCUT2D eigenvalue weighted by atomic mass is 32.2. The molecular weight excluding hydrogens is 334 g/mol. The Morgan fingerprint density at radius 3 is 2.46 bits per heavy atom. The zero-order valence-corrected chi connectivity index (χ0v) is 14.5. The number of carboxylic acids is 1. The van der Waals surface area contributed by atoms with E-state index in [1.165, 1.54) is 29.2 Å². The van der Waals surface area contributed by atoms with Crippen molar-refractivity contribution in [3.8, 4) is 0 Å². The van der Waals surface area contributed by atoms with Crippen LogP contribution in [0.4, 0.5) is 0 Å². The molecule has 1 aromatic rings. The van der Waals surface area contributed by atoms with Gasteiger partial charge in [-0.3, -0.25) is 9.59 Å². The van der Waals surface area contributed by atoms with E-state index in [-0.39, 0.29) is 23.8 Å². The molecule has 8 heteroatoms. The number of carbonyl (C=O) groups is 2. The van der Waals surface area contributed by atoms with Gasteiger partial charge in [0.25, 0.3) is 5.91 Å². The highest BCUT2D eigenvalue weighted by molar-refractivity contribution is 7.92. The van der Waals surface area contributed by atoms with Gasteiger partial charge in [0.15, 0.2) is 9.84 Å². The van der Waals surface area contributed by atoms with Gasteiger partial charge in [0.1, 0.15) is 0 Å². The normalized spacial score (nSPS) is 18.6. The minimum Gasteiger partial charge on any atom is -0.481 e. The predicted molar refractivity (Wildman–Crippen MR) is 86.7 cm³/mol. The molecule has 1 heterocycles. The van der Waals surface area contributed by atoms with E-state index in [0.717, 1.165) is 0 Å². The van der Waals surface area contributed by atoms with Crippen molar-refractivity contribution >= 4 is 21.7 Å². The summed E-state index contributed by atoms with van der Waals surface area (Å²) in [7, 11) is -3.39. The summed E-state index contributed by atoms with van der Waals surface area (Å²) in [5.74, 6) is -1.32. The Bertz CT molecular complexity index is 711. The zero-order valence-electron chi connectivity index (χ0n) is 13.6. The Morgan fingerprint density at radius 2 is 1.92 bits per heavy atom. The Kier molecular flexibility index (Phi) is 5.61. The molecule has 24 heavy (non-hydrogen) atoms. The molecule has 2 rings (SSSR count). The highest BCUT2D eigenvalue weighted by Crippen LogP contribution is 2.19. The van der Waals surface area contributed by atoms with Gasteiger partial charge in [0.05, 0.1) is 35.8 Å². The van der Waals surface area contributed by atoms with Crippen LogP contribution in [-0.2, 0) is 19.4 Å². The monoisotopic (exact) mass is 355 g/mol. The molecule has 1 aromatic carbocycles. The number of ether oxygens (including phenoxy) is 1.